The summed E-state index contributed by atoms with van der Waals surface area (Å²) in [6.07, 6.45) is 6.04. The van der Waals surface area contributed by atoms with Gasteiger partial charge in [0.05, 0.1) is 0 Å². The van der Waals surface area contributed by atoms with Crippen LogP contribution in [0.3, 0.4) is 0 Å². The van der Waals surface area contributed by atoms with Crippen molar-refractivity contribution in [3.63, 3.8) is 0 Å². The van der Waals surface area contributed by atoms with E-state index in [1.165, 1.54) is 16.7 Å². The number of nitrogens with zero attached hydrogens (tertiary/aromatic N) is 3. The highest BCUT2D eigenvalue weighted by Crippen LogP contribution is 2.35. The Hall–Kier alpha value is -3.34. The van der Waals surface area contributed by atoms with Gasteiger partial charge in [-0.15, -0.1) is 0 Å². The van der Waals surface area contributed by atoms with Gasteiger partial charge in [-0.05, 0) is 30.3 Å². The zero-order valence-electron chi connectivity index (χ0n) is 15.3. The first-order chi connectivity index (χ1) is 13.2. The predicted octanol–water partition coefficient (Wildman–Crippen LogP) is 3.22. The third-order valence-electron chi connectivity index (χ3n) is 5.27. The average Bonchev–Trinajstić information content (AvgIpc) is 3.09. The molecule has 4 nitrogen and oxygen atoms in total. The number of hydrogen-bond donors (Lipinski definition) is 0. The lowest BCUT2D eigenvalue weighted by Gasteiger charge is -2.24. The molecule has 1 aliphatic heterocycles. The number of pyridine rings is 2. The Balaban J connectivity index is 1.60. The highest BCUT2D eigenvalue weighted by molar-refractivity contribution is 6.80. The Morgan fingerprint density at radius 2 is 1.89 bits per heavy atom. The highest BCUT2D eigenvalue weighted by Gasteiger charge is 2.35. The summed E-state index contributed by atoms with van der Waals surface area (Å²) < 4.78 is 8.23. The zero-order chi connectivity index (χ0) is 18.4. The van der Waals surface area contributed by atoms with Gasteiger partial charge < -0.3 is 9.23 Å². The predicted molar refractivity (Wildman–Crippen MR) is 110 cm³/mol. The van der Waals surface area contributed by atoms with E-state index in [2.05, 4.69) is 89.2 Å². The van der Waals surface area contributed by atoms with E-state index in [0.717, 1.165) is 16.8 Å². The molecule has 27 heavy (non-hydrogen) atoms. The van der Waals surface area contributed by atoms with Gasteiger partial charge in [-0.25, -0.2) is 9.55 Å². The van der Waals surface area contributed by atoms with Crippen molar-refractivity contribution in [1.82, 2.24) is 4.98 Å². The molecule has 4 heterocycles. The summed E-state index contributed by atoms with van der Waals surface area (Å²) in [6, 6.07) is 18.9. The number of aromatic nitrogens is 2. The molecular weight excluding hydrogens is 333 g/mol. The quantitative estimate of drug-likeness (QED) is 0.410. The number of furan rings is 1. The summed E-state index contributed by atoms with van der Waals surface area (Å²) in [5.41, 5.74) is 5.41. The van der Waals surface area contributed by atoms with E-state index in [9.17, 15) is 0 Å². The van der Waals surface area contributed by atoms with Crippen molar-refractivity contribution in [3.05, 3.63) is 78.5 Å². The molecule has 4 aromatic rings. The lowest BCUT2D eigenvalue weighted by molar-refractivity contribution is -0.654. The van der Waals surface area contributed by atoms with Gasteiger partial charge in [-0.3, -0.25) is 0 Å². The summed E-state index contributed by atoms with van der Waals surface area (Å²) >= 11 is 0. The molecule has 1 aromatic carbocycles. The van der Waals surface area contributed by atoms with Crippen LogP contribution in [0.4, 0.5) is 5.88 Å². The van der Waals surface area contributed by atoms with Gasteiger partial charge in [-0.1, -0.05) is 42.4 Å². The van der Waals surface area contributed by atoms with E-state index in [0.29, 0.717) is 5.71 Å². The molecule has 0 spiro atoms. The number of aryl methyl sites for hydroxylation is 1. The molecule has 0 aliphatic carbocycles. The first-order valence-corrected chi connectivity index (χ1v) is 9.06. The van der Waals surface area contributed by atoms with Crippen molar-refractivity contribution in [3.8, 4) is 11.1 Å². The maximum Gasteiger partial charge on any atom is 0.398 e. The molecule has 0 atom stereocenters. The second kappa shape index (κ2) is 6.13. The van der Waals surface area contributed by atoms with Crippen LogP contribution in [0, 0.1) is 0 Å². The smallest absolute Gasteiger partial charge is 0.398 e. The van der Waals surface area contributed by atoms with E-state index in [1.54, 1.807) is 6.20 Å². The van der Waals surface area contributed by atoms with Crippen LogP contribution in [0.2, 0.25) is 0 Å². The maximum atomic E-state index is 6.06. The fourth-order valence-corrected chi connectivity index (χ4v) is 3.79. The molecule has 1 aliphatic rings. The van der Waals surface area contributed by atoms with Gasteiger partial charge in [0.25, 0.3) is 0 Å². The van der Waals surface area contributed by atoms with Gasteiger partial charge in [0.2, 0.25) is 5.71 Å². The summed E-state index contributed by atoms with van der Waals surface area (Å²) in [5, 5.41) is 1.05. The number of hydrogen-bond acceptors (Lipinski definition) is 3. The fraction of sp³-hybridized carbons (Fsp3) is 0.0909. The number of rotatable bonds is 2. The van der Waals surface area contributed by atoms with Crippen molar-refractivity contribution in [2.24, 2.45) is 7.05 Å². The second-order valence-corrected chi connectivity index (χ2v) is 6.91. The van der Waals surface area contributed by atoms with E-state index in [1.807, 2.05) is 12.1 Å². The van der Waals surface area contributed by atoms with E-state index in [4.69, 9.17) is 4.42 Å². The molecule has 0 bridgehead atoms. The largest absolute Gasteiger partial charge is 0.423 e. The average molecular weight is 352 g/mol. The van der Waals surface area contributed by atoms with Crippen LogP contribution in [0.25, 0.3) is 28.3 Å². The van der Waals surface area contributed by atoms with Crippen LogP contribution >= 0.6 is 0 Å². The van der Waals surface area contributed by atoms with Crippen molar-refractivity contribution >= 4 is 35.5 Å². The molecule has 5 rings (SSSR count). The Kier molecular flexibility index (Phi) is 3.61. The van der Waals surface area contributed by atoms with Crippen molar-refractivity contribution in [2.45, 2.75) is 0 Å². The minimum absolute atomic E-state index is 0.0896. The Morgan fingerprint density at radius 3 is 2.74 bits per heavy atom. The molecule has 0 fully saturated rings. The van der Waals surface area contributed by atoms with Crippen molar-refractivity contribution in [1.29, 1.82) is 0 Å². The van der Waals surface area contributed by atoms with Crippen LogP contribution in [0.15, 0.2) is 77.4 Å². The van der Waals surface area contributed by atoms with E-state index in [-0.39, 0.29) is 6.85 Å². The molecule has 0 radical (unpaired) electrons. The molecule has 5 heteroatoms. The lowest BCUT2D eigenvalue weighted by Crippen LogP contribution is -2.60. The van der Waals surface area contributed by atoms with Gasteiger partial charge in [-0.2, -0.15) is 0 Å². The minimum Gasteiger partial charge on any atom is -0.423 e. The van der Waals surface area contributed by atoms with Gasteiger partial charge >= 0.3 is 6.85 Å². The number of fused-ring (bicyclic) bond motifs is 3. The van der Waals surface area contributed by atoms with Crippen molar-refractivity contribution < 1.29 is 8.98 Å². The van der Waals surface area contributed by atoms with Crippen molar-refractivity contribution in [2.75, 3.05) is 11.9 Å². The minimum atomic E-state index is 0.0896. The molecule has 0 N–H and O–H groups in total. The molecular formula is C22H19BN3O+. The Bertz CT molecular complexity index is 1170. The highest BCUT2D eigenvalue weighted by atomic mass is 16.4. The maximum absolute atomic E-state index is 6.06. The SMILES string of the molecule is CN1B(c2cc(-c3ccccc3)cc[n+]2C)C=Cc2c1oc1ncccc21. The van der Waals surface area contributed by atoms with Gasteiger partial charge in [0.15, 0.2) is 17.7 Å². The van der Waals surface area contributed by atoms with E-state index >= 15 is 0 Å². The second-order valence-electron chi connectivity index (χ2n) is 6.91. The lowest BCUT2D eigenvalue weighted by atomic mass is 9.55. The van der Waals surface area contributed by atoms with Gasteiger partial charge in [0.1, 0.15) is 7.05 Å². The van der Waals surface area contributed by atoms with Crippen LogP contribution in [0.5, 0.6) is 0 Å². The first-order valence-electron chi connectivity index (χ1n) is 9.06. The summed E-state index contributed by atoms with van der Waals surface area (Å²) in [4.78, 5) is 6.54. The number of benzene rings is 1. The molecule has 0 unspecified atom stereocenters. The Morgan fingerprint density at radius 1 is 1.04 bits per heavy atom. The molecule has 3 aromatic heterocycles. The Labute approximate surface area is 158 Å². The summed E-state index contributed by atoms with van der Waals surface area (Å²) in [6.45, 7) is 0.0896. The fourth-order valence-electron chi connectivity index (χ4n) is 3.79. The molecule has 0 saturated heterocycles. The van der Waals surface area contributed by atoms with Crippen LogP contribution in [0.1, 0.15) is 5.56 Å². The third-order valence-corrected chi connectivity index (χ3v) is 5.27. The monoisotopic (exact) mass is 352 g/mol. The summed E-state index contributed by atoms with van der Waals surface area (Å²) in [5.74, 6) is 3.09. The zero-order valence-corrected chi connectivity index (χ0v) is 15.3. The standard InChI is InChI=1S/C22H19BN3O/c1-25-14-11-17(16-7-4-3-5-8-16)15-20(25)23-12-10-19-18-9-6-13-24-21(18)27-22(19)26(23)2/h3-15H,1-2H3/q+1. The molecule has 130 valence electrons. The number of anilines is 1. The normalized spacial score (nSPS) is 13.3. The van der Waals surface area contributed by atoms with Gasteiger partial charge in [0, 0.05) is 29.3 Å². The third kappa shape index (κ3) is 2.55. The first kappa shape index (κ1) is 15.9. The topological polar surface area (TPSA) is 33.2 Å². The van der Waals surface area contributed by atoms with Crippen LogP contribution in [-0.2, 0) is 7.05 Å². The molecule has 0 amide bonds. The summed E-state index contributed by atoms with van der Waals surface area (Å²) in [7, 11) is 4.16. The van der Waals surface area contributed by atoms with Crippen LogP contribution in [-0.4, -0.2) is 18.9 Å². The van der Waals surface area contributed by atoms with Crippen LogP contribution < -0.4 is 15.0 Å². The van der Waals surface area contributed by atoms with E-state index < -0.39 is 0 Å². The molecule has 0 saturated carbocycles.